The van der Waals surface area contributed by atoms with Crippen molar-refractivity contribution in [1.82, 2.24) is 19.5 Å². The highest BCUT2D eigenvalue weighted by Gasteiger charge is 2.13. The van der Waals surface area contributed by atoms with Gasteiger partial charge < -0.3 is 10.5 Å². The summed E-state index contributed by atoms with van der Waals surface area (Å²) in [6.45, 7) is 2.29. The molecule has 0 bridgehead atoms. The average molecular weight is 496 g/mol. The molecule has 0 radical (unpaired) electrons. The minimum Gasteiger partial charge on any atom is -0.486 e. The van der Waals surface area contributed by atoms with Crippen molar-refractivity contribution in [2.24, 2.45) is 5.73 Å². The standard InChI is InChI=1S/C28H22FN5OS/c1-17-32-24-15-31-12-11-25(24)34(17)21-8-5-18(6-9-21)28(30)19-3-2-4-22(13-19)35-16-27-33-23-14-20(29)7-10-26(23)36-27/h2-15,28H,16,30H2,1H3. The second-order valence-corrected chi connectivity index (χ2v) is 9.62. The fourth-order valence-electron chi connectivity index (χ4n) is 4.35. The van der Waals surface area contributed by atoms with Crippen LogP contribution in [0.5, 0.6) is 5.75 Å². The first-order chi connectivity index (χ1) is 17.5. The summed E-state index contributed by atoms with van der Waals surface area (Å²) in [6.07, 6.45) is 3.55. The normalized spacial score (nSPS) is 12.3. The third-order valence-corrected chi connectivity index (χ3v) is 7.12. The molecule has 0 aliphatic carbocycles. The minimum absolute atomic E-state index is 0.291. The van der Waals surface area contributed by atoms with Gasteiger partial charge in [-0.15, -0.1) is 11.3 Å². The zero-order valence-electron chi connectivity index (χ0n) is 19.4. The molecule has 2 N–H and O–H groups in total. The van der Waals surface area contributed by atoms with Gasteiger partial charge in [-0.05, 0) is 60.5 Å². The maximum atomic E-state index is 13.4. The van der Waals surface area contributed by atoms with Crippen molar-refractivity contribution in [2.45, 2.75) is 19.6 Å². The Bertz CT molecular complexity index is 1690. The van der Waals surface area contributed by atoms with E-state index in [9.17, 15) is 4.39 Å². The van der Waals surface area contributed by atoms with Gasteiger partial charge in [0.25, 0.3) is 0 Å². The van der Waals surface area contributed by atoms with Crippen LogP contribution < -0.4 is 10.5 Å². The van der Waals surface area contributed by atoms with Crippen LogP contribution in [0.4, 0.5) is 4.39 Å². The lowest BCUT2D eigenvalue weighted by atomic mass is 9.99. The van der Waals surface area contributed by atoms with Crippen molar-refractivity contribution >= 4 is 32.6 Å². The van der Waals surface area contributed by atoms with Gasteiger partial charge in [-0.25, -0.2) is 14.4 Å². The molecule has 3 heterocycles. The highest BCUT2D eigenvalue weighted by Crippen LogP contribution is 2.28. The van der Waals surface area contributed by atoms with E-state index in [1.807, 2.05) is 49.4 Å². The van der Waals surface area contributed by atoms with Crippen LogP contribution in [0.3, 0.4) is 0 Å². The molecule has 6 nitrogen and oxygen atoms in total. The molecule has 8 heteroatoms. The Labute approximate surface area is 210 Å². The predicted molar refractivity (Wildman–Crippen MR) is 140 cm³/mol. The molecular weight excluding hydrogens is 473 g/mol. The minimum atomic E-state index is -0.308. The highest BCUT2D eigenvalue weighted by molar-refractivity contribution is 7.18. The van der Waals surface area contributed by atoms with Crippen molar-refractivity contribution in [3.8, 4) is 11.4 Å². The van der Waals surface area contributed by atoms with Gasteiger partial charge in [0.05, 0.1) is 28.0 Å². The van der Waals surface area contributed by atoms with E-state index >= 15 is 0 Å². The van der Waals surface area contributed by atoms with Gasteiger partial charge in [-0.2, -0.15) is 0 Å². The van der Waals surface area contributed by atoms with Crippen molar-refractivity contribution in [3.05, 3.63) is 113 Å². The van der Waals surface area contributed by atoms with Crippen LogP contribution in [0, 0.1) is 12.7 Å². The Morgan fingerprint density at radius 1 is 0.972 bits per heavy atom. The van der Waals surface area contributed by atoms with Crippen LogP contribution in [0.1, 0.15) is 28.0 Å². The van der Waals surface area contributed by atoms with Crippen molar-refractivity contribution in [2.75, 3.05) is 0 Å². The topological polar surface area (TPSA) is 78.9 Å². The summed E-state index contributed by atoms with van der Waals surface area (Å²) in [5, 5.41) is 0.791. The third kappa shape index (κ3) is 4.21. The number of nitrogens with two attached hydrogens (primary N) is 1. The van der Waals surface area contributed by atoms with Crippen molar-refractivity contribution in [3.63, 3.8) is 0 Å². The van der Waals surface area contributed by atoms with Gasteiger partial charge in [0.2, 0.25) is 0 Å². The number of fused-ring (bicyclic) bond motifs is 2. The predicted octanol–water partition coefficient (Wildman–Crippen LogP) is 6.10. The Morgan fingerprint density at radius 3 is 2.69 bits per heavy atom. The molecule has 3 aromatic carbocycles. The number of aryl methyl sites for hydroxylation is 1. The number of aromatic nitrogens is 4. The Morgan fingerprint density at radius 2 is 1.83 bits per heavy atom. The number of thiazole rings is 1. The van der Waals surface area contributed by atoms with Crippen LogP contribution >= 0.6 is 11.3 Å². The fourth-order valence-corrected chi connectivity index (χ4v) is 5.22. The lowest BCUT2D eigenvalue weighted by molar-refractivity contribution is 0.305. The number of hydrogen-bond acceptors (Lipinski definition) is 6. The molecule has 0 aliphatic rings. The number of halogens is 1. The van der Waals surface area contributed by atoms with Crippen LogP contribution in [0.2, 0.25) is 0 Å². The fraction of sp³-hybridized carbons (Fsp3) is 0.107. The summed E-state index contributed by atoms with van der Waals surface area (Å²) in [7, 11) is 0. The molecular formula is C28H22FN5OS. The summed E-state index contributed by atoms with van der Waals surface area (Å²) in [4.78, 5) is 13.2. The summed E-state index contributed by atoms with van der Waals surface area (Å²) in [6, 6.07) is 22.2. The molecule has 0 saturated heterocycles. The molecule has 36 heavy (non-hydrogen) atoms. The van der Waals surface area contributed by atoms with Gasteiger partial charge in [0.1, 0.15) is 34.5 Å². The Balaban J connectivity index is 1.19. The van der Waals surface area contributed by atoms with Crippen molar-refractivity contribution in [1.29, 1.82) is 0 Å². The number of hydrogen-bond donors (Lipinski definition) is 1. The van der Waals surface area contributed by atoms with Gasteiger partial charge >= 0.3 is 0 Å². The molecule has 6 aromatic rings. The Hall–Kier alpha value is -4.14. The molecule has 0 aliphatic heterocycles. The summed E-state index contributed by atoms with van der Waals surface area (Å²) in [5.41, 5.74) is 12.1. The van der Waals surface area contributed by atoms with Gasteiger partial charge in [-0.1, -0.05) is 24.3 Å². The number of pyridine rings is 1. The average Bonchev–Trinajstić information content (AvgIpc) is 3.46. The van der Waals surface area contributed by atoms with E-state index in [0.717, 1.165) is 43.4 Å². The molecule has 0 spiro atoms. The first kappa shape index (κ1) is 22.3. The molecule has 1 unspecified atom stereocenters. The van der Waals surface area contributed by atoms with Crippen LogP contribution in [-0.2, 0) is 6.61 Å². The Kier molecular flexibility index (Phi) is 5.67. The quantitative estimate of drug-likeness (QED) is 0.302. The summed E-state index contributed by atoms with van der Waals surface area (Å²) >= 11 is 1.50. The third-order valence-electron chi connectivity index (χ3n) is 6.11. The van der Waals surface area contributed by atoms with Crippen LogP contribution in [-0.4, -0.2) is 19.5 Å². The molecule has 3 aromatic heterocycles. The first-order valence-corrected chi connectivity index (χ1v) is 12.3. The lowest BCUT2D eigenvalue weighted by Gasteiger charge is -2.15. The van der Waals surface area contributed by atoms with E-state index in [2.05, 4.69) is 31.7 Å². The van der Waals surface area contributed by atoms with E-state index in [-0.39, 0.29) is 11.9 Å². The number of benzene rings is 3. The van der Waals surface area contributed by atoms with Gasteiger partial charge in [0.15, 0.2) is 0 Å². The molecule has 0 amide bonds. The van der Waals surface area contributed by atoms with E-state index in [0.29, 0.717) is 17.9 Å². The highest BCUT2D eigenvalue weighted by atomic mass is 32.1. The molecule has 0 fully saturated rings. The lowest BCUT2D eigenvalue weighted by Crippen LogP contribution is -2.12. The maximum absolute atomic E-state index is 13.4. The summed E-state index contributed by atoms with van der Waals surface area (Å²) < 4.78 is 22.5. The van der Waals surface area contributed by atoms with E-state index < -0.39 is 0 Å². The van der Waals surface area contributed by atoms with Gasteiger partial charge in [-0.3, -0.25) is 9.55 Å². The summed E-state index contributed by atoms with van der Waals surface area (Å²) in [5.74, 6) is 1.32. The number of rotatable bonds is 6. The van der Waals surface area contributed by atoms with Crippen LogP contribution in [0.25, 0.3) is 26.9 Å². The van der Waals surface area contributed by atoms with Gasteiger partial charge in [0, 0.05) is 18.0 Å². The van der Waals surface area contributed by atoms with E-state index in [1.54, 1.807) is 18.5 Å². The number of imidazole rings is 1. The van der Waals surface area contributed by atoms with E-state index in [1.165, 1.54) is 23.5 Å². The van der Waals surface area contributed by atoms with Crippen molar-refractivity contribution < 1.29 is 9.13 Å². The second kappa shape index (κ2) is 9.14. The largest absolute Gasteiger partial charge is 0.486 e. The van der Waals surface area contributed by atoms with E-state index in [4.69, 9.17) is 10.5 Å². The molecule has 0 saturated carbocycles. The number of nitrogens with zero attached hydrogens (tertiary/aromatic N) is 4. The monoisotopic (exact) mass is 495 g/mol. The molecule has 1 atom stereocenters. The zero-order valence-corrected chi connectivity index (χ0v) is 20.2. The maximum Gasteiger partial charge on any atom is 0.140 e. The smallest absolute Gasteiger partial charge is 0.140 e. The van der Waals surface area contributed by atoms with Crippen LogP contribution in [0.15, 0.2) is 85.2 Å². The number of ether oxygens (including phenoxy) is 1. The SMILES string of the molecule is Cc1nc2cnccc2n1-c1ccc(C(N)c2cccc(OCc3nc4cc(F)ccc4s3)c2)cc1. The first-order valence-electron chi connectivity index (χ1n) is 11.5. The molecule has 178 valence electrons. The second-order valence-electron chi connectivity index (χ2n) is 8.51. The zero-order chi connectivity index (χ0) is 24.6. The molecule has 6 rings (SSSR count).